The molecule has 0 aliphatic rings. The van der Waals surface area contributed by atoms with E-state index in [1.807, 2.05) is 13.8 Å². The molecule has 0 saturated carbocycles. The quantitative estimate of drug-likeness (QED) is 0.452. The Kier molecular flexibility index (Phi) is 10.3. The van der Waals surface area contributed by atoms with Gasteiger partial charge in [-0.25, -0.2) is 9.59 Å². The Labute approximate surface area is 125 Å². The molecule has 0 bridgehead atoms. The summed E-state index contributed by atoms with van der Waals surface area (Å²) in [6, 6.07) is 6.20. The van der Waals surface area contributed by atoms with E-state index in [0.717, 1.165) is 12.5 Å². The van der Waals surface area contributed by atoms with Crippen molar-refractivity contribution in [2.75, 3.05) is 13.2 Å². The highest BCUT2D eigenvalue weighted by Crippen LogP contribution is 2.12. The van der Waals surface area contributed by atoms with Crippen LogP contribution in [-0.4, -0.2) is 30.3 Å². The van der Waals surface area contributed by atoms with Gasteiger partial charge in [0.05, 0.1) is 18.8 Å². The molecule has 0 fully saturated rings. The third-order valence-electron chi connectivity index (χ3n) is 2.32. The molecule has 0 amide bonds. The van der Waals surface area contributed by atoms with Gasteiger partial charge in [0.2, 0.25) is 0 Å². The monoisotopic (exact) mass is 294 g/mol. The van der Waals surface area contributed by atoms with Crippen molar-refractivity contribution < 1.29 is 24.2 Å². The van der Waals surface area contributed by atoms with Crippen LogP contribution in [0.2, 0.25) is 0 Å². The summed E-state index contributed by atoms with van der Waals surface area (Å²) in [5.74, 6) is -0.770. The van der Waals surface area contributed by atoms with Crippen molar-refractivity contribution in [3.05, 3.63) is 42.5 Å². The van der Waals surface area contributed by atoms with E-state index in [1.54, 1.807) is 12.1 Å². The van der Waals surface area contributed by atoms with E-state index in [4.69, 9.17) is 14.6 Å². The SMILES string of the molecule is C=CC(=O)OCCCCOc1ccc(C(=O)O)cc1.CC. The molecule has 0 aromatic heterocycles. The van der Waals surface area contributed by atoms with Gasteiger partial charge in [-0.05, 0) is 37.1 Å². The van der Waals surface area contributed by atoms with E-state index in [0.29, 0.717) is 25.4 Å². The number of carbonyl (C=O) groups excluding carboxylic acids is 1. The first-order valence-electron chi connectivity index (χ1n) is 6.89. The third-order valence-corrected chi connectivity index (χ3v) is 2.32. The van der Waals surface area contributed by atoms with Crippen LogP contribution in [-0.2, 0) is 9.53 Å². The molecule has 0 atom stereocenters. The maximum absolute atomic E-state index is 10.7. The molecule has 21 heavy (non-hydrogen) atoms. The lowest BCUT2D eigenvalue weighted by Crippen LogP contribution is -2.04. The van der Waals surface area contributed by atoms with Gasteiger partial charge in [-0.1, -0.05) is 20.4 Å². The summed E-state index contributed by atoms with van der Waals surface area (Å²) in [4.78, 5) is 21.4. The molecule has 0 aliphatic heterocycles. The maximum Gasteiger partial charge on any atom is 0.335 e. The van der Waals surface area contributed by atoms with E-state index in [1.165, 1.54) is 12.1 Å². The van der Waals surface area contributed by atoms with Gasteiger partial charge in [0.25, 0.3) is 0 Å². The van der Waals surface area contributed by atoms with Gasteiger partial charge in [-0.15, -0.1) is 0 Å². The van der Waals surface area contributed by atoms with Crippen molar-refractivity contribution in [2.24, 2.45) is 0 Å². The summed E-state index contributed by atoms with van der Waals surface area (Å²) >= 11 is 0. The van der Waals surface area contributed by atoms with Crippen LogP contribution in [0, 0.1) is 0 Å². The van der Waals surface area contributed by atoms with Crippen molar-refractivity contribution >= 4 is 11.9 Å². The Bertz CT molecular complexity index is 436. The minimum Gasteiger partial charge on any atom is -0.494 e. The lowest BCUT2D eigenvalue weighted by Gasteiger charge is -2.06. The number of hydrogen-bond acceptors (Lipinski definition) is 4. The number of carboxylic acid groups (broad SMARTS) is 1. The van der Waals surface area contributed by atoms with Gasteiger partial charge < -0.3 is 14.6 Å². The average molecular weight is 294 g/mol. The van der Waals surface area contributed by atoms with Crippen LogP contribution in [0.3, 0.4) is 0 Å². The molecular weight excluding hydrogens is 272 g/mol. The number of carboxylic acids is 1. The van der Waals surface area contributed by atoms with Gasteiger partial charge in [0.15, 0.2) is 0 Å². The number of rotatable bonds is 8. The van der Waals surface area contributed by atoms with E-state index >= 15 is 0 Å². The Balaban J connectivity index is 0.00000191. The Morgan fingerprint density at radius 1 is 1.14 bits per heavy atom. The zero-order valence-electron chi connectivity index (χ0n) is 12.5. The first-order valence-corrected chi connectivity index (χ1v) is 6.89. The van der Waals surface area contributed by atoms with Crippen LogP contribution in [0.15, 0.2) is 36.9 Å². The van der Waals surface area contributed by atoms with Crippen LogP contribution in [0.25, 0.3) is 0 Å². The fourth-order valence-corrected chi connectivity index (χ4v) is 1.32. The fourth-order valence-electron chi connectivity index (χ4n) is 1.32. The molecule has 0 spiro atoms. The summed E-state index contributed by atoms with van der Waals surface area (Å²) in [5.41, 5.74) is 0.226. The lowest BCUT2D eigenvalue weighted by atomic mass is 10.2. The smallest absolute Gasteiger partial charge is 0.335 e. The summed E-state index contributed by atoms with van der Waals surface area (Å²) in [7, 11) is 0. The Hall–Kier alpha value is -2.30. The predicted molar refractivity (Wildman–Crippen MR) is 80.6 cm³/mol. The normalized spacial score (nSPS) is 9.05. The first kappa shape index (κ1) is 18.7. The standard InChI is InChI=1S/C14H16O5.C2H6/c1-2-13(15)19-10-4-3-9-18-12-7-5-11(6-8-12)14(16)17;1-2/h2,5-8H,1,3-4,9-10H2,(H,16,17);1-2H3. The topological polar surface area (TPSA) is 72.8 Å². The van der Waals surface area contributed by atoms with Crippen LogP contribution in [0.1, 0.15) is 37.0 Å². The van der Waals surface area contributed by atoms with Crippen molar-refractivity contribution in [2.45, 2.75) is 26.7 Å². The van der Waals surface area contributed by atoms with E-state index in [-0.39, 0.29) is 5.56 Å². The molecule has 5 heteroatoms. The molecule has 0 aliphatic carbocycles. The second-order valence-corrected chi connectivity index (χ2v) is 3.76. The van der Waals surface area contributed by atoms with Crippen molar-refractivity contribution in [3.8, 4) is 5.75 Å². The zero-order chi connectivity index (χ0) is 16.1. The van der Waals surface area contributed by atoms with Crippen LogP contribution in [0.5, 0.6) is 5.75 Å². The number of aromatic carboxylic acids is 1. The highest BCUT2D eigenvalue weighted by atomic mass is 16.5. The Morgan fingerprint density at radius 2 is 1.71 bits per heavy atom. The van der Waals surface area contributed by atoms with Gasteiger partial charge in [0.1, 0.15) is 5.75 Å². The van der Waals surface area contributed by atoms with Gasteiger partial charge >= 0.3 is 11.9 Å². The molecule has 1 N–H and O–H groups in total. The number of esters is 1. The highest BCUT2D eigenvalue weighted by Gasteiger charge is 2.02. The number of carbonyl (C=O) groups is 2. The molecular formula is C16H22O5. The Morgan fingerprint density at radius 3 is 2.24 bits per heavy atom. The van der Waals surface area contributed by atoms with Crippen LogP contribution < -0.4 is 4.74 Å². The minimum absolute atomic E-state index is 0.226. The van der Waals surface area contributed by atoms with Crippen LogP contribution >= 0.6 is 0 Å². The molecule has 0 radical (unpaired) electrons. The summed E-state index contributed by atoms with van der Waals surface area (Å²) in [5, 5.41) is 8.72. The van der Waals surface area contributed by atoms with Crippen molar-refractivity contribution in [3.63, 3.8) is 0 Å². The number of hydrogen-bond donors (Lipinski definition) is 1. The van der Waals surface area contributed by atoms with Gasteiger partial charge in [-0.3, -0.25) is 0 Å². The number of unbranched alkanes of at least 4 members (excludes halogenated alkanes) is 1. The summed E-state index contributed by atoms with van der Waals surface area (Å²) in [6.07, 6.45) is 2.57. The zero-order valence-corrected chi connectivity index (χ0v) is 12.5. The molecule has 0 unspecified atom stereocenters. The molecule has 0 saturated heterocycles. The minimum atomic E-state index is -0.962. The van der Waals surface area contributed by atoms with Crippen LogP contribution in [0.4, 0.5) is 0 Å². The second-order valence-electron chi connectivity index (χ2n) is 3.76. The van der Waals surface area contributed by atoms with E-state index < -0.39 is 11.9 Å². The summed E-state index contributed by atoms with van der Waals surface area (Å²) in [6.45, 7) is 8.12. The van der Waals surface area contributed by atoms with Gasteiger partial charge in [-0.2, -0.15) is 0 Å². The lowest BCUT2D eigenvalue weighted by molar-refractivity contribution is -0.137. The summed E-state index contributed by atoms with van der Waals surface area (Å²) < 4.78 is 10.2. The largest absolute Gasteiger partial charge is 0.494 e. The first-order chi connectivity index (χ1) is 10.1. The average Bonchev–Trinajstić information content (AvgIpc) is 2.52. The van der Waals surface area contributed by atoms with E-state index in [2.05, 4.69) is 6.58 Å². The van der Waals surface area contributed by atoms with Crippen molar-refractivity contribution in [1.82, 2.24) is 0 Å². The molecule has 1 aromatic carbocycles. The molecule has 1 rings (SSSR count). The van der Waals surface area contributed by atoms with Crippen molar-refractivity contribution in [1.29, 1.82) is 0 Å². The molecule has 116 valence electrons. The second kappa shape index (κ2) is 11.5. The molecule has 5 nitrogen and oxygen atoms in total. The number of ether oxygens (including phenoxy) is 2. The number of benzene rings is 1. The maximum atomic E-state index is 10.7. The van der Waals surface area contributed by atoms with E-state index in [9.17, 15) is 9.59 Å². The molecule has 1 aromatic rings. The third kappa shape index (κ3) is 8.47. The van der Waals surface area contributed by atoms with Gasteiger partial charge in [0, 0.05) is 6.08 Å². The molecule has 0 heterocycles. The fraction of sp³-hybridized carbons (Fsp3) is 0.375. The predicted octanol–water partition coefficient (Wildman–Crippen LogP) is 3.30. The highest BCUT2D eigenvalue weighted by molar-refractivity contribution is 5.87.